The van der Waals surface area contributed by atoms with Crippen molar-refractivity contribution in [2.24, 2.45) is 16.3 Å². The van der Waals surface area contributed by atoms with E-state index in [1.165, 1.54) is 0 Å². The summed E-state index contributed by atoms with van der Waals surface area (Å²) in [6.45, 7) is 13.4. The molecule has 1 saturated heterocycles. The Balaban J connectivity index is 2.56. The van der Waals surface area contributed by atoms with Crippen molar-refractivity contribution in [2.75, 3.05) is 38.5 Å². The highest BCUT2D eigenvalue weighted by Gasteiger charge is 2.35. The number of nitrogens with zero attached hydrogens (tertiary/aromatic N) is 1. The Kier molecular flexibility index (Phi) is 9.16. The highest BCUT2D eigenvalue weighted by molar-refractivity contribution is 7.89. The molecule has 0 aliphatic carbocycles. The summed E-state index contributed by atoms with van der Waals surface area (Å²) in [6.07, 6.45) is 2.42. The summed E-state index contributed by atoms with van der Waals surface area (Å²) < 4.78 is 31.4. The van der Waals surface area contributed by atoms with Crippen molar-refractivity contribution >= 4 is 16.0 Å². The van der Waals surface area contributed by atoms with Gasteiger partial charge < -0.3 is 15.4 Å². The zero-order valence-corrected chi connectivity index (χ0v) is 17.2. The summed E-state index contributed by atoms with van der Waals surface area (Å²) in [5.41, 5.74) is 0.102. The monoisotopic (exact) mass is 376 g/mol. The molecule has 0 amide bonds. The molecule has 8 heteroatoms. The van der Waals surface area contributed by atoms with Crippen LogP contribution in [0.2, 0.25) is 0 Å². The molecule has 0 radical (unpaired) electrons. The van der Waals surface area contributed by atoms with E-state index in [0.29, 0.717) is 25.6 Å². The van der Waals surface area contributed by atoms with Crippen LogP contribution in [0.15, 0.2) is 4.99 Å². The van der Waals surface area contributed by atoms with Gasteiger partial charge in [-0.05, 0) is 32.1 Å². The number of aliphatic imine (C=N–C) groups is 1. The van der Waals surface area contributed by atoms with E-state index in [4.69, 9.17) is 9.73 Å². The maximum absolute atomic E-state index is 11.4. The first kappa shape index (κ1) is 22.2. The van der Waals surface area contributed by atoms with Crippen LogP contribution in [0.25, 0.3) is 0 Å². The number of hydrogen-bond donors (Lipinski definition) is 3. The molecule has 0 aromatic heterocycles. The van der Waals surface area contributed by atoms with E-state index >= 15 is 0 Å². The zero-order valence-electron chi connectivity index (χ0n) is 16.4. The second-order valence-corrected chi connectivity index (χ2v) is 9.60. The van der Waals surface area contributed by atoms with Gasteiger partial charge in [-0.15, -0.1) is 0 Å². The van der Waals surface area contributed by atoms with Crippen molar-refractivity contribution < 1.29 is 13.2 Å². The van der Waals surface area contributed by atoms with Crippen LogP contribution >= 0.6 is 0 Å². The average molecular weight is 377 g/mol. The highest BCUT2D eigenvalue weighted by atomic mass is 32.2. The number of rotatable bonds is 8. The van der Waals surface area contributed by atoms with Gasteiger partial charge in [0, 0.05) is 38.7 Å². The van der Waals surface area contributed by atoms with Crippen molar-refractivity contribution in [2.45, 2.75) is 53.6 Å². The minimum atomic E-state index is -3.15. The topological polar surface area (TPSA) is 91.8 Å². The molecule has 0 spiro atoms. The molecule has 1 aliphatic heterocycles. The molecule has 0 aromatic carbocycles. The fraction of sp³-hybridized carbons (Fsp3) is 0.941. The molecule has 1 heterocycles. The van der Waals surface area contributed by atoms with Gasteiger partial charge in [-0.2, -0.15) is 0 Å². The first-order chi connectivity index (χ1) is 11.7. The van der Waals surface area contributed by atoms with E-state index < -0.39 is 10.0 Å². The smallest absolute Gasteiger partial charge is 0.211 e. The standard InChI is InChI=1S/C17H36N4O3S/c1-6-18-16(19-10-11-21-25(22,23)7-2)20-13-14-9-8-12-24-15(14)17(3,4)5/h14-15,21H,6-13H2,1-5H3,(H2,18,19,20). The van der Waals surface area contributed by atoms with Gasteiger partial charge in [-0.3, -0.25) is 4.99 Å². The maximum atomic E-state index is 11.4. The molecule has 3 N–H and O–H groups in total. The van der Waals surface area contributed by atoms with E-state index in [9.17, 15) is 8.42 Å². The average Bonchev–Trinajstić information content (AvgIpc) is 2.56. The molecule has 2 unspecified atom stereocenters. The molecule has 1 aliphatic rings. The fourth-order valence-electron chi connectivity index (χ4n) is 3.03. The Morgan fingerprint density at radius 1 is 1.20 bits per heavy atom. The fourth-order valence-corrected chi connectivity index (χ4v) is 3.64. The Morgan fingerprint density at radius 2 is 1.92 bits per heavy atom. The summed E-state index contributed by atoms with van der Waals surface area (Å²) in [5, 5.41) is 6.39. The van der Waals surface area contributed by atoms with E-state index in [2.05, 4.69) is 36.1 Å². The molecule has 0 aromatic rings. The zero-order chi connectivity index (χ0) is 18.9. The maximum Gasteiger partial charge on any atom is 0.211 e. The molecule has 0 bridgehead atoms. The van der Waals surface area contributed by atoms with Gasteiger partial charge in [-0.25, -0.2) is 13.1 Å². The van der Waals surface area contributed by atoms with Crippen LogP contribution in [-0.4, -0.2) is 59.0 Å². The minimum absolute atomic E-state index is 0.0943. The van der Waals surface area contributed by atoms with Crippen molar-refractivity contribution in [1.29, 1.82) is 0 Å². The number of sulfonamides is 1. The quantitative estimate of drug-likeness (QED) is 0.338. The predicted octanol–water partition coefficient (Wildman–Crippen LogP) is 1.32. The van der Waals surface area contributed by atoms with E-state index in [0.717, 1.165) is 32.0 Å². The third-order valence-corrected chi connectivity index (χ3v) is 5.65. The molecular formula is C17H36N4O3S. The van der Waals surface area contributed by atoms with E-state index in [-0.39, 0.29) is 17.3 Å². The lowest BCUT2D eigenvalue weighted by Gasteiger charge is -2.39. The summed E-state index contributed by atoms with van der Waals surface area (Å²) >= 11 is 0. The van der Waals surface area contributed by atoms with Gasteiger partial charge in [0.15, 0.2) is 5.96 Å². The Bertz CT molecular complexity index is 514. The Labute approximate surface area is 153 Å². The number of hydrogen-bond acceptors (Lipinski definition) is 4. The lowest BCUT2D eigenvalue weighted by Crippen LogP contribution is -2.44. The first-order valence-electron chi connectivity index (χ1n) is 9.30. The molecule has 7 nitrogen and oxygen atoms in total. The summed E-state index contributed by atoms with van der Waals surface area (Å²) in [5.74, 6) is 1.22. The van der Waals surface area contributed by atoms with Crippen molar-refractivity contribution in [3.63, 3.8) is 0 Å². The second-order valence-electron chi connectivity index (χ2n) is 7.50. The third kappa shape index (κ3) is 8.37. The van der Waals surface area contributed by atoms with Crippen molar-refractivity contribution in [3.8, 4) is 0 Å². The van der Waals surface area contributed by atoms with Crippen molar-refractivity contribution in [3.05, 3.63) is 0 Å². The molecule has 1 fully saturated rings. The van der Waals surface area contributed by atoms with Crippen LogP contribution in [0.5, 0.6) is 0 Å². The molecule has 25 heavy (non-hydrogen) atoms. The van der Waals surface area contributed by atoms with Gasteiger partial charge in [0.25, 0.3) is 0 Å². The van der Waals surface area contributed by atoms with Crippen molar-refractivity contribution in [1.82, 2.24) is 15.4 Å². The predicted molar refractivity (Wildman–Crippen MR) is 103 cm³/mol. The summed E-state index contributed by atoms with van der Waals surface area (Å²) in [6, 6.07) is 0. The van der Waals surface area contributed by atoms with Gasteiger partial charge >= 0.3 is 0 Å². The van der Waals surface area contributed by atoms with Crippen LogP contribution in [0, 0.1) is 11.3 Å². The van der Waals surface area contributed by atoms with E-state index in [1.807, 2.05) is 6.92 Å². The molecule has 148 valence electrons. The SMILES string of the molecule is CCNC(=NCC1CCCOC1C(C)(C)C)NCCNS(=O)(=O)CC. The minimum Gasteiger partial charge on any atom is -0.377 e. The molecular weight excluding hydrogens is 340 g/mol. The van der Waals surface area contributed by atoms with Crippen LogP contribution < -0.4 is 15.4 Å². The van der Waals surface area contributed by atoms with Gasteiger partial charge in [0.05, 0.1) is 11.9 Å². The first-order valence-corrected chi connectivity index (χ1v) is 11.0. The Morgan fingerprint density at radius 3 is 2.52 bits per heavy atom. The molecule has 1 rings (SSSR count). The van der Waals surface area contributed by atoms with Gasteiger partial charge in [0.1, 0.15) is 0 Å². The van der Waals surface area contributed by atoms with Gasteiger partial charge in [0.2, 0.25) is 10.0 Å². The van der Waals surface area contributed by atoms with Crippen LogP contribution in [-0.2, 0) is 14.8 Å². The van der Waals surface area contributed by atoms with Gasteiger partial charge in [-0.1, -0.05) is 20.8 Å². The normalized spacial score (nSPS) is 22.7. The second kappa shape index (κ2) is 10.3. The third-order valence-electron chi connectivity index (χ3n) is 4.25. The largest absolute Gasteiger partial charge is 0.377 e. The van der Waals surface area contributed by atoms with Crippen LogP contribution in [0.1, 0.15) is 47.5 Å². The van der Waals surface area contributed by atoms with Crippen LogP contribution in [0.4, 0.5) is 0 Å². The summed E-state index contributed by atoms with van der Waals surface area (Å²) in [7, 11) is -3.15. The Hall–Kier alpha value is -0.860. The number of nitrogens with one attached hydrogen (secondary N) is 3. The highest BCUT2D eigenvalue weighted by Crippen LogP contribution is 2.34. The van der Waals surface area contributed by atoms with Crippen LogP contribution in [0.3, 0.4) is 0 Å². The summed E-state index contributed by atoms with van der Waals surface area (Å²) in [4.78, 5) is 4.69. The lowest BCUT2D eigenvalue weighted by atomic mass is 9.78. The number of guanidine groups is 1. The number of ether oxygens (including phenoxy) is 1. The van der Waals surface area contributed by atoms with E-state index in [1.54, 1.807) is 6.92 Å². The molecule has 0 saturated carbocycles. The lowest BCUT2D eigenvalue weighted by molar-refractivity contribution is -0.0823. The molecule has 2 atom stereocenters.